The van der Waals surface area contributed by atoms with Gasteiger partial charge in [0.25, 0.3) is 11.8 Å². The van der Waals surface area contributed by atoms with E-state index in [0.29, 0.717) is 33.9 Å². The monoisotopic (exact) mass is 492 g/mol. The van der Waals surface area contributed by atoms with Gasteiger partial charge < -0.3 is 19.8 Å². The number of nitrogens with one attached hydrogen (secondary N) is 2. The molecule has 0 saturated carbocycles. The summed E-state index contributed by atoms with van der Waals surface area (Å²) < 4.78 is 10.6. The van der Waals surface area contributed by atoms with E-state index in [1.54, 1.807) is 97.1 Å². The van der Waals surface area contributed by atoms with E-state index in [4.69, 9.17) is 9.15 Å². The van der Waals surface area contributed by atoms with Crippen molar-refractivity contribution in [3.63, 3.8) is 0 Å². The quantitative estimate of drug-likeness (QED) is 0.234. The van der Waals surface area contributed by atoms with Crippen LogP contribution in [0.4, 0.5) is 5.69 Å². The molecule has 0 fully saturated rings. The van der Waals surface area contributed by atoms with Crippen molar-refractivity contribution in [2.45, 2.75) is 0 Å². The molecule has 1 aromatic heterocycles. The van der Waals surface area contributed by atoms with Crippen LogP contribution in [-0.2, 0) is 4.79 Å². The molecule has 0 unspecified atom stereocenters. The first-order valence-corrected chi connectivity index (χ1v) is 11.4. The number of hydrogen-bond donors (Lipinski definition) is 2. The minimum atomic E-state index is -0.535. The Morgan fingerprint density at radius 1 is 0.811 bits per heavy atom. The van der Waals surface area contributed by atoms with Crippen LogP contribution in [0.2, 0.25) is 0 Å². The maximum atomic E-state index is 13.2. The minimum Gasteiger partial charge on any atom is -0.496 e. The molecule has 1 heterocycles. The van der Waals surface area contributed by atoms with E-state index >= 15 is 0 Å². The fourth-order valence-electron chi connectivity index (χ4n) is 3.44. The Morgan fingerprint density at radius 2 is 1.54 bits per heavy atom. The summed E-state index contributed by atoms with van der Waals surface area (Å²) in [6, 6.07) is 25.7. The number of anilines is 1. The molecule has 4 aromatic rings. The smallest absolute Gasteiger partial charge is 0.272 e. The maximum absolute atomic E-state index is 13.2. The molecule has 7 heteroatoms. The van der Waals surface area contributed by atoms with Crippen molar-refractivity contribution >= 4 is 35.4 Å². The SMILES string of the molecule is COc1ccccc1/C=C(\NC(=O)c1ccccc1)C(=O)Nc1ccc(C(=O)/C=C/c2ccco2)cc1. The van der Waals surface area contributed by atoms with Crippen molar-refractivity contribution in [1.82, 2.24) is 5.32 Å². The molecule has 0 aliphatic heterocycles. The van der Waals surface area contributed by atoms with Gasteiger partial charge in [-0.3, -0.25) is 14.4 Å². The first-order chi connectivity index (χ1) is 18.0. The molecule has 7 nitrogen and oxygen atoms in total. The first kappa shape index (κ1) is 24.9. The number of carbonyl (C=O) groups excluding carboxylic acids is 3. The predicted molar refractivity (Wildman–Crippen MR) is 142 cm³/mol. The van der Waals surface area contributed by atoms with Gasteiger partial charge in [0.15, 0.2) is 5.78 Å². The van der Waals surface area contributed by atoms with Crippen LogP contribution in [0.15, 0.2) is 113 Å². The largest absolute Gasteiger partial charge is 0.496 e. The third kappa shape index (κ3) is 6.70. The summed E-state index contributed by atoms with van der Waals surface area (Å²) in [6.45, 7) is 0. The predicted octanol–water partition coefficient (Wildman–Crippen LogP) is 5.59. The highest BCUT2D eigenvalue weighted by molar-refractivity contribution is 6.11. The Labute approximate surface area is 214 Å². The van der Waals surface area contributed by atoms with Gasteiger partial charge in [0.2, 0.25) is 0 Å². The zero-order chi connectivity index (χ0) is 26.0. The molecule has 37 heavy (non-hydrogen) atoms. The zero-order valence-corrected chi connectivity index (χ0v) is 20.0. The van der Waals surface area contributed by atoms with Gasteiger partial charge in [0.1, 0.15) is 17.2 Å². The summed E-state index contributed by atoms with van der Waals surface area (Å²) in [5.74, 6) is -0.0503. The number of hydrogen-bond acceptors (Lipinski definition) is 5. The highest BCUT2D eigenvalue weighted by Gasteiger charge is 2.16. The topological polar surface area (TPSA) is 97.6 Å². The molecule has 0 aliphatic carbocycles. The second kappa shape index (κ2) is 12.0. The highest BCUT2D eigenvalue weighted by Crippen LogP contribution is 2.21. The molecule has 4 rings (SSSR count). The zero-order valence-electron chi connectivity index (χ0n) is 20.0. The molecule has 2 N–H and O–H groups in total. The lowest BCUT2D eigenvalue weighted by atomic mass is 10.1. The number of para-hydroxylation sites is 1. The van der Waals surface area contributed by atoms with Crippen LogP contribution >= 0.6 is 0 Å². The van der Waals surface area contributed by atoms with E-state index in [2.05, 4.69) is 10.6 Å². The van der Waals surface area contributed by atoms with Crippen LogP contribution in [0.1, 0.15) is 32.0 Å². The average Bonchev–Trinajstić information content (AvgIpc) is 3.46. The van der Waals surface area contributed by atoms with Gasteiger partial charge in [-0.15, -0.1) is 0 Å². The van der Waals surface area contributed by atoms with Crippen LogP contribution < -0.4 is 15.4 Å². The van der Waals surface area contributed by atoms with Crippen molar-refractivity contribution in [3.8, 4) is 5.75 Å². The van der Waals surface area contributed by atoms with Crippen LogP contribution in [-0.4, -0.2) is 24.7 Å². The summed E-state index contributed by atoms with van der Waals surface area (Å²) >= 11 is 0. The Morgan fingerprint density at radius 3 is 2.24 bits per heavy atom. The van der Waals surface area contributed by atoms with Crippen molar-refractivity contribution in [3.05, 3.63) is 131 Å². The van der Waals surface area contributed by atoms with E-state index in [9.17, 15) is 14.4 Å². The van der Waals surface area contributed by atoms with Crippen molar-refractivity contribution in [2.75, 3.05) is 12.4 Å². The lowest BCUT2D eigenvalue weighted by molar-refractivity contribution is -0.113. The van der Waals surface area contributed by atoms with Crippen molar-refractivity contribution < 1.29 is 23.5 Å². The van der Waals surface area contributed by atoms with Crippen molar-refractivity contribution in [1.29, 1.82) is 0 Å². The molecule has 0 spiro atoms. The van der Waals surface area contributed by atoms with Gasteiger partial charge in [-0.05, 0) is 72.8 Å². The number of ether oxygens (including phenoxy) is 1. The summed E-state index contributed by atoms with van der Waals surface area (Å²) in [4.78, 5) is 38.4. The number of allylic oxidation sites excluding steroid dienone is 1. The maximum Gasteiger partial charge on any atom is 0.272 e. The molecule has 0 radical (unpaired) electrons. The molecular weight excluding hydrogens is 468 g/mol. The van der Waals surface area contributed by atoms with Gasteiger partial charge in [-0.1, -0.05) is 36.4 Å². The van der Waals surface area contributed by atoms with E-state index < -0.39 is 11.8 Å². The Hall–Kier alpha value is -5.17. The Kier molecular flexibility index (Phi) is 8.08. The number of benzene rings is 3. The molecule has 184 valence electrons. The van der Waals surface area contributed by atoms with Gasteiger partial charge in [0, 0.05) is 22.4 Å². The normalized spacial score (nSPS) is 11.2. The van der Waals surface area contributed by atoms with Crippen LogP contribution in [0.3, 0.4) is 0 Å². The third-order valence-corrected chi connectivity index (χ3v) is 5.34. The summed E-state index contributed by atoms with van der Waals surface area (Å²) in [5.41, 5.74) is 1.96. The third-order valence-electron chi connectivity index (χ3n) is 5.34. The van der Waals surface area contributed by atoms with E-state index in [0.717, 1.165) is 0 Å². The molecule has 0 saturated heterocycles. The minimum absolute atomic E-state index is 0.0277. The molecule has 0 bridgehead atoms. The van der Waals surface area contributed by atoms with Crippen LogP contribution in [0, 0.1) is 0 Å². The number of methoxy groups -OCH3 is 1. The Balaban J connectivity index is 1.53. The van der Waals surface area contributed by atoms with Crippen LogP contribution in [0.25, 0.3) is 12.2 Å². The summed E-state index contributed by atoms with van der Waals surface area (Å²) in [7, 11) is 1.53. The number of carbonyl (C=O) groups is 3. The standard InChI is InChI=1S/C30H24N2O5/c1-36-28-12-6-5-10-23(28)20-26(32-29(34)22-8-3-2-4-9-22)30(35)31-24-15-13-21(14-16-24)27(33)18-17-25-11-7-19-37-25/h2-20H,1H3,(H,31,35)(H,32,34)/b18-17+,26-20-. The number of amides is 2. The summed E-state index contributed by atoms with van der Waals surface area (Å²) in [6.07, 6.45) is 6.08. The molecular formula is C30H24N2O5. The first-order valence-electron chi connectivity index (χ1n) is 11.4. The second-order valence-corrected chi connectivity index (χ2v) is 7.86. The molecule has 0 aliphatic rings. The molecule has 2 amide bonds. The van der Waals surface area contributed by atoms with Gasteiger partial charge in [-0.2, -0.15) is 0 Å². The van der Waals surface area contributed by atoms with Crippen LogP contribution in [0.5, 0.6) is 5.75 Å². The Bertz CT molecular complexity index is 1440. The fourth-order valence-corrected chi connectivity index (χ4v) is 3.44. The second-order valence-electron chi connectivity index (χ2n) is 7.86. The average molecular weight is 493 g/mol. The molecule has 0 atom stereocenters. The van der Waals surface area contributed by atoms with Gasteiger partial charge >= 0.3 is 0 Å². The highest BCUT2D eigenvalue weighted by atomic mass is 16.5. The molecule has 3 aromatic carbocycles. The van der Waals surface area contributed by atoms with Gasteiger partial charge in [0.05, 0.1) is 13.4 Å². The van der Waals surface area contributed by atoms with Gasteiger partial charge in [-0.25, -0.2) is 0 Å². The number of rotatable bonds is 9. The van der Waals surface area contributed by atoms with E-state index in [1.165, 1.54) is 19.4 Å². The van der Waals surface area contributed by atoms with E-state index in [1.807, 2.05) is 6.07 Å². The summed E-state index contributed by atoms with van der Waals surface area (Å²) in [5, 5.41) is 5.47. The number of furan rings is 1. The van der Waals surface area contributed by atoms with Crippen molar-refractivity contribution in [2.24, 2.45) is 0 Å². The lowest BCUT2D eigenvalue weighted by Gasteiger charge is -2.12. The fraction of sp³-hybridized carbons (Fsp3) is 0.0333. The number of ketones is 1. The van der Waals surface area contributed by atoms with E-state index in [-0.39, 0.29) is 11.5 Å². The lowest BCUT2D eigenvalue weighted by Crippen LogP contribution is -2.30.